The van der Waals surface area contributed by atoms with E-state index in [0.717, 1.165) is 19.2 Å². The Labute approximate surface area is 130 Å². The Morgan fingerprint density at radius 2 is 1.78 bits per heavy atom. The van der Waals surface area contributed by atoms with Crippen molar-refractivity contribution in [2.75, 3.05) is 20.3 Å². The highest BCUT2D eigenvalue weighted by Gasteiger charge is 2.41. The Morgan fingerprint density at radius 1 is 1.22 bits per heavy atom. The lowest BCUT2D eigenvalue weighted by atomic mass is 9.85. The molecular formula is C14H15F2NO6. The summed E-state index contributed by atoms with van der Waals surface area (Å²) < 4.78 is 36.0. The SMILES string of the molecule is CCOC(=O)C(C(=O)OC)[C@@H](C[N+](=O)[O-])c1cc(F)cc(F)c1. The molecule has 0 radical (unpaired) electrons. The van der Waals surface area contributed by atoms with Crippen molar-refractivity contribution in [2.45, 2.75) is 12.8 Å². The fourth-order valence-electron chi connectivity index (χ4n) is 2.14. The summed E-state index contributed by atoms with van der Waals surface area (Å²) in [6.45, 7) is 0.507. The topological polar surface area (TPSA) is 95.7 Å². The molecule has 1 aromatic rings. The Balaban J connectivity index is 3.36. The Bertz CT molecular complexity index is 587. The zero-order chi connectivity index (χ0) is 17.6. The molecule has 126 valence electrons. The van der Waals surface area contributed by atoms with Crippen LogP contribution >= 0.6 is 0 Å². The quantitative estimate of drug-likeness (QED) is 0.326. The third-order valence-corrected chi connectivity index (χ3v) is 3.06. The molecule has 1 aromatic carbocycles. The van der Waals surface area contributed by atoms with Crippen LogP contribution in [-0.4, -0.2) is 37.1 Å². The van der Waals surface area contributed by atoms with Crippen LogP contribution in [0.4, 0.5) is 8.78 Å². The van der Waals surface area contributed by atoms with Gasteiger partial charge in [0.05, 0.1) is 19.6 Å². The summed E-state index contributed by atoms with van der Waals surface area (Å²) in [6, 6.07) is 2.23. The predicted molar refractivity (Wildman–Crippen MR) is 73.1 cm³/mol. The van der Waals surface area contributed by atoms with Crippen LogP contribution in [0.3, 0.4) is 0 Å². The largest absolute Gasteiger partial charge is 0.468 e. The number of carbonyl (C=O) groups is 2. The number of hydrogen-bond acceptors (Lipinski definition) is 6. The van der Waals surface area contributed by atoms with Gasteiger partial charge in [0, 0.05) is 11.0 Å². The number of nitrogens with zero attached hydrogens (tertiary/aromatic N) is 1. The fraction of sp³-hybridized carbons (Fsp3) is 0.429. The minimum atomic E-state index is -1.70. The number of methoxy groups -OCH3 is 1. The van der Waals surface area contributed by atoms with Gasteiger partial charge in [-0.05, 0) is 24.6 Å². The number of nitro groups is 1. The summed E-state index contributed by atoms with van der Waals surface area (Å²) in [6.07, 6.45) is 0. The second-order valence-electron chi connectivity index (χ2n) is 4.58. The van der Waals surface area contributed by atoms with Gasteiger partial charge in [0.2, 0.25) is 6.54 Å². The molecule has 23 heavy (non-hydrogen) atoms. The van der Waals surface area contributed by atoms with E-state index in [2.05, 4.69) is 4.74 Å². The van der Waals surface area contributed by atoms with Crippen LogP contribution in [0.5, 0.6) is 0 Å². The van der Waals surface area contributed by atoms with Crippen molar-refractivity contribution in [3.8, 4) is 0 Å². The smallest absolute Gasteiger partial charge is 0.321 e. The molecule has 0 fully saturated rings. The van der Waals surface area contributed by atoms with Crippen molar-refractivity contribution in [2.24, 2.45) is 5.92 Å². The minimum absolute atomic E-state index is 0.0744. The number of benzene rings is 1. The molecule has 0 bridgehead atoms. The third-order valence-electron chi connectivity index (χ3n) is 3.06. The van der Waals surface area contributed by atoms with Crippen LogP contribution in [0.2, 0.25) is 0 Å². The highest BCUT2D eigenvalue weighted by atomic mass is 19.1. The van der Waals surface area contributed by atoms with Crippen LogP contribution in [0.25, 0.3) is 0 Å². The minimum Gasteiger partial charge on any atom is -0.468 e. The first-order chi connectivity index (χ1) is 10.8. The molecule has 0 aromatic heterocycles. The second kappa shape index (κ2) is 8.16. The van der Waals surface area contributed by atoms with Gasteiger partial charge in [0.25, 0.3) is 0 Å². The van der Waals surface area contributed by atoms with Gasteiger partial charge >= 0.3 is 11.9 Å². The molecule has 7 nitrogen and oxygen atoms in total. The number of hydrogen-bond donors (Lipinski definition) is 0. The van der Waals surface area contributed by atoms with Crippen molar-refractivity contribution in [3.05, 3.63) is 45.5 Å². The van der Waals surface area contributed by atoms with Crippen LogP contribution in [0, 0.1) is 27.7 Å². The fourth-order valence-corrected chi connectivity index (χ4v) is 2.14. The summed E-state index contributed by atoms with van der Waals surface area (Å²) in [5.41, 5.74) is -0.206. The molecule has 0 aliphatic heterocycles. The first kappa shape index (κ1) is 18.5. The van der Waals surface area contributed by atoms with E-state index in [9.17, 15) is 28.5 Å². The monoisotopic (exact) mass is 331 g/mol. The summed E-state index contributed by atoms with van der Waals surface area (Å²) in [5, 5.41) is 10.9. The van der Waals surface area contributed by atoms with E-state index >= 15 is 0 Å². The number of ether oxygens (including phenoxy) is 2. The van der Waals surface area contributed by atoms with Crippen molar-refractivity contribution in [1.82, 2.24) is 0 Å². The average molecular weight is 331 g/mol. The first-order valence-corrected chi connectivity index (χ1v) is 6.62. The van der Waals surface area contributed by atoms with Gasteiger partial charge in [-0.15, -0.1) is 0 Å². The van der Waals surface area contributed by atoms with Gasteiger partial charge in [0.1, 0.15) is 11.6 Å². The van der Waals surface area contributed by atoms with Gasteiger partial charge < -0.3 is 9.47 Å². The Morgan fingerprint density at radius 3 is 2.22 bits per heavy atom. The van der Waals surface area contributed by atoms with Crippen molar-refractivity contribution in [1.29, 1.82) is 0 Å². The van der Waals surface area contributed by atoms with E-state index in [4.69, 9.17) is 4.74 Å². The number of halogens is 2. The Hall–Kier alpha value is -2.58. The molecule has 0 spiro atoms. The molecule has 0 amide bonds. The number of esters is 2. The van der Waals surface area contributed by atoms with E-state index < -0.39 is 46.9 Å². The van der Waals surface area contributed by atoms with Crippen molar-refractivity contribution in [3.63, 3.8) is 0 Å². The first-order valence-electron chi connectivity index (χ1n) is 6.62. The summed E-state index contributed by atoms with van der Waals surface area (Å²) >= 11 is 0. The van der Waals surface area contributed by atoms with Crippen LogP contribution < -0.4 is 0 Å². The van der Waals surface area contributed by atoms with Crippen LogP contribution in [0.1, 0.15) is 18.4 Å². The predicted octanol–water partition coefficient (Wildman–Crippen LogP) is 1.68. The molecule has 0 saturated carbocycles. The van der Waals surface area contributed by atoms with Gasteiger partial charge in [-0.2, -0.15) is 0 Å². The van der Waals surface area contributed by atoms with E-state index in [-0.39, 0.29) is 12.2 Å². The lowest BCUT2D eigenvalue weighted by molar-refractivity contribution is -0.484. The summed E-state index contributed by atoms with van der Waals surface area (Å²) in [5.74, 6) is -7.24. The standard InChI is InChI=1S/C14H15F2NO6/c1-3-23-14(19)12(13(18)22-2)11(7-17(20)21)8-4-9(15)6-10(16)5-8/h4-6,11-12H,3,7H2,1-2H3/t11-,12?/m0/s1. The summed E-state index contributed by atoms with van der Waals surface area (Å²) in [4.78, 5) is 33.9. The van der Waals surface area contributed by atoms with Gasteiger partial charge in [-0.1, -0.05) is 0 Å². The molecule has 1 unspecified atom stereocenters. The van der Waals surface area contributed by atoms with E-state index in [1.807, 2.05) is 0 Å². The number of carbonyl (C=O) groups excluding carboxylic acids is 2. The highest BCUT2D eigenvalue weighted by Crippen LogP contribution is 2.29. The maximum atomic E-state index is 13.4. The second-order valence-corrected chi connectivity index (χ2v) is 4.58. The van der Waals surface area contributed by atoms with Crippen molar-refractivity contribution < 1.29 is 32.8 Å². The van der Waals surface area contributed by atoms with E-state index in [0.29, 0.717) is 6.07 Å². The molecule has 0 N–H and O–H groups in total. The third kappa shape index (κ3) is 4.97. The van der Waals surface area contributed by atoms with E-state index in [1.54, 1.807) is 0 Å². The average Bonchev–Trinajstić information content (AvgIpc) is 2.45. The lowest BCUT2D eigenvalue weighted by Gasteiger charge is -2.21. The molecule has 0 aliphatic rings. The van der Waals surface area contributed by atoms with Crippen LogP contribution in [-0.2, 0) is 19.1 Å². The molecule has 1 rings (SSSR count). The van der Waals surface area contributed by atoms with E-state index in [1.165, 1.54) is 6.92 Å². The number of rotatable bonds is 7. The van der Waals surface area contributed by atoms with Crippen LogP contribution in [0.15, 0.2) is 18.2 Å². The van der Waals surface area contributed by atoms with Crippen molar-refractivity contribution >= 4 is 11.9 Å². The van der Waals surface area contributed by atoms with Gasteiger partial charge in [-0.3, -0.25) is 19.7 Å². The molecule has 9 heteroatoms. The van der Waals surface area contributed by atoms with Gasteiger partial charge in [0.15, 0.2) is 5.92 Å². The Kier molecular flexibility index (Phi) is 6.55. The normalized spacial score (nSPS) is 13.0. The summed E-state index contributed by atoms with van der Waals surface area (Å²) in [7, 11) is 0.990. The molecule has 0 heterocycles. The maximum absolute atomic E-state index is 13.4. The molecule has 0 saturated heterocycles. The molecule has 2 atom stereocenters. The zero-order valence-corrected chi connectivity index (χ0v) is 12.5. The maximum Gasteiger partial charge on any atom is 0.321 e. The lowest BCUT2D eigenvalue weighted by Crippen LogP contribution is -2.36. The van der Waals surface area contributed by atoms with Gasteiger partial charge in [-0.25, -0.2) is 8.78 Å². The zero-order valence-electron chi connectivity index (χ0n) is 12.5. The molecule has 0 aliphatic carbocycles. The molecular weight excluding hydrogens is 316 g/mol. The highest BCUT2D eigenvalue weighted by molar-refractivity contribution is 5.96.